The zero-order chi connectivity index (χ0) is 14.3. The number of fused-ring (bicyclic) bond motifs is 1. The zero-order valence-electron chi connectivity index (χ0n) is 10.9. The molecule has 0 aromatic heterocycles. The topological polar surface area (TPSA) is 58.4 Å². The third-order valence-electron chi connectivity index (χ3n) is 4.15. The number of rotatable bonds is 2. The molecule has 2 aliphatic heterocycles. The van der Waals surface area contributed by atoms with Gasteiger partial charge >= 0.3 is 0 Å². The van der Waals surface area contributed by atoms with Crippen LogP contribution in [0.4, 0.5) is 5.69 Å². The highest BCUT2D eigenvalue weighted by atomic mass is 79.9. The Morgan fingerprint density at radius 2 is 2.30 bits per heavy atom. The van der Waals surface area contributed by atoms with Crippen molar-refractivity contribution in [3.63, 3.8) is 0 Å². The molecule has 1 aromatic carbocycles. The summed E-state index contributed by atoms with van der Waals surface area (Å²) in [6, 6.07) is 6.28. The maximum Gasteiger partial charge on any atom is 0.225 e. The lowest BCUT2D eigenvalue weighted by molar-refractivity contribution is -0.122. The van der Waals surface area contributed by atoms with Crippen molar-refractivity contribution in [2.75, 3.05) is 18.0 Å². The predicted molar refractivity (Wildman–Crippen MR) is 86.9 cm³/mol. The van der Waals surface area contributed by atoms with Gasteiger partial charge in [-0.2, -0.15) is 0 Å². The summed E-state index contributed by atoms with van der Waals surface area (Å²) in [5, 5.41) is 2.97. The molecule has 6 heteroatoms. The third kappa shape index (κ3) is 2.31. The van der Waals surface area contributed by atoms with Gasteiger partial charge in [0.2, 0.25) is 5.91 Å². The Morgan fingerprint density at radius 1 is 1.50 bits per heavy atom. The summed E-state index contributed by atoms with van der Waals surface area (Å²) in [7, 11) is 0. The van der Waals surface area contributed by atoms with Crippen LogP contribution in [0, 0.1) is 5.92 Å². The fourth-order valence-electron chi connectivity index (χ4n) is 3.15. The normalized spacial score (nSPS) is 25.2. The number of hydrogen-bond donors (Lipinski definition) is 2. The number of piperidine rings is 1. The Labute approximate surface area is 131 Å². The zero-order valence-corrected chi connectivity index (χ0v) is 13.3. The molecule has 2 aliphatic rings. The Bertz CT molecular complexity index is 578. The molecule has 0 radical (unpaired) electrons. The Balaban J connectivity index is 1.90. The SMILES string of the molecule is NC(=S)c1ccc(N2CCCC3C(=O)NCC32)cc1Br. The number of carbonyl (C=O) groups is 1. The van der Waals surface area contributed by atoms with Gasteiger partial charge in [-0.3, -0.25) is 4.79 Å². The number of thiocarbonyl (C=S) groups is 1. The number of anilines is 1. The maximum atomic E-state index is 11.8. The predicted octanol–water partition coefficient (Wildman–Crippen LogP) is 1.80. The molecular formula is C14H16BrN3OS. The molecule has 0 saturated carbocycles. The van der Waals surface area contributed by atoms with Crippen LogP contribution in [-0.2, 0) is 4.79 Å². The van der Waals surface area contributed by atoms with Crippen LogP contribution in [-0.4, -0.2) is 30.0 Å². The van der Waals surface area contributed by atoms with Crippen LogP contribution in [0.1, 0.15) is 18.4 Å². The molecule has 106 valence electrons. The van der Waals surface area contributed by atoms with Crippen LogP contribution in [0.2, 0.25) is 0 Å². The van der Waals surface area contributed by atoms with Gasteiger partial charge in [-0.25, -0.2) is 0 Å². The molecule has 0 spiro atoms. The van der Waals surface area contributed by atoms with Crippen LogP contribution >= 0.6 is 28.1 Å². The Morgan fingerprint density at radius 3 is 3.00 bits per heavy atom. The fraction of sp³-hybridized carbons (Fsp3) is 0.429. The highest BCUT2D eigenvalue weighted by molar-refractivity contribution is 9.10. The number of carbonyl (C=O) groups excluding carboxylic acids is 1. The first-order chi connectivity index (χ1) is 9.58. The standard InChI is InChI=1S/C14H16BrN3OS/c15-11-6-8(3-4-9(11)13(16)20)18-5-1-2-10-12(18)7-17-14(10)19/h3-4,6,10,12H,1-2,5,7H2,(H2,16,20)(H,17,19). The summed E-state index contributed by atoms with van der Waals surface area (Å²) in [6.45, 7) is 1.72. The molecule has 3 rings (SSSR count). The first-order valence-electron chi connectivity index (χ1n) is 6.71. The van der Waals surface area contributed by atoms with E-state index in [9.17, 15) is 4.79 Å². The van der Waals surface area contributed by atoms with E-state index in [-0.39, 0.29) is 17.9 Å². The van der Waals surface area contributed by atoms with E-state index in [0.717, 1.165) is 41.7 Å². The first-order valence-corrected chi connectivity index (χ1v) is 7.92. The van der Waals surface area contributed by atoms with Crippen LogP contribution in [0.15, 0.2) is 22.7 Å². The largest absolute Gasteiger partial charge is 0.389 e. The summed E-state index contributed by atoms with van der Waals surface area (Å²) in [6.07, 6.45) is 2.03. The summed E-state index contributed by atoms with van der Waals surface area (Å²) in [4.78, 5) is 14.5. The molecule has 2 atom stereocenters. The number of nitrogens with two attached hydrogens (primary N) is 1. The van der Waals surface area contributed by atoms with E-state index in [2.05, 4.69) is 26.1 Å². The van der Waals surface area contributed by atoms with E-state index in [4.69, 9.17) is 18.0 Å². The van der Waals surface area contributed by atoms with E-state index in [0.29, 0.717) is 4.99 Å². The van der Waals surface area contributed by atoms with Crippen molar-refractivity contribution in [2.24, 2.45) is 11.7 Å². The van der Waals surface area contributed by atoms with Crippen molar-refractivity contribution in [1.29, 1.82) is 0 Å². The van der Waals surface area contributed by atoms with Crippen molar-refractivity contribution in [1.82, 2.24) is 5.32 Å². The smallest absolute Gasteiger partial charge is 0.225 e. The van der Waals surface area contributed by atoms with E-state index < -0.39 is 0 Å². The summed E-state index contributed by atoms with van der Waals surface area (Å²) in [5.41, 5.74) is 7.64. The molecule has 1 amide bonds. The fourth-order valence-corrected chi connectivity index (χ4v) is 4.04. The van der Waals surface area contributed by atoms with Gasteiger partial charge in [0, 0.05) is 28.8 Å². The van der Waals surface area contributed by atoms with Crippen LogP contribution in [0.3, 0.4) is 0 Å². The van der Waals surface area contributed by atoms with Crippen molar-refractivity contribution in [3.8, 4) is 0 Å². The number of nitrogens with one attached hydrogen (secondary N) is 1. The monoisotopic (exact) mass is 353 g/mol. The van der Waals surface area contributed by atoms with E-state index in [1.807, 2.05) is 18.2 Å². The second-order valence-electron chi connectivity index (χ2n) is 5.28. The first kappa shape index (κ1) is 13.8. The van der Waals surface area contributed by atoms with Crippen LogP contribution in [0.25, 0.3) is 0 Å². The molecule has 2 fully saturated rings. The summed E-state index contributed by atoms with van der Waals surface area (Å²) in [5.74, 6) is 0.316. The number of amides is 1. The third-order valence-corrected chi connectivity index (χ3v) is 5.03. The summed E-state index contributed by atoms with van der Waals surface area (Å²) >= 11 is 8.54. The van der Waals surface area contributed by atoms with Crippen LogP contribution < -0.4 is 16.0 Å². The maximum absolute atomic E-state index is 11.8. The van der Waals surface area contributed by atoms with E-state index in [1.54, 1.807) is 0 Å². The van der Waals surface area contributed by atoms with Crippen molar-refractivity contribution < 1.29 is 4.79 Å². The van der Waals surface area contributed by atoms with Crippen LogP contribution in [0.5, 0.6) is 0 Å². The minimum absolute atomic E-state index is 0.123. The molecule has 2 saturated heterocycles. The van der Waals surface area contributed by atoms with Gasteiger partial charge in [-0.1, -0.05) is 12.2 Å². The molecule has 3 N–H and O–H groups in total. The minimum Gasteiger partial charge on any atom is -0.389 e. The lowest BCUT2D eigenvalue weighted by atomic mass is 9.91. The lowest BCUT2D eigenvalue weighted by Gasteiger charge is -2.38. The van der Waals surface area contributed by atoms with E-state index in [1.165, 1.54) is 0 Å². The average molecular weight is 354 g/mol. The van der Waals surface area contributed by atoms with E-state index >= 15 is 0 Å². The molecule has 0 aliphatic carbocycles. The second kappa shape index (κ2) is 5.33. The van der Waals surface area contributed by atoms with Gasteiger partial charge in [0.05, 0.1) is 12.0 Å². The number of halogens is 1. The molecule has 0 bridgehead atoms. The van der Waals surface area contributed by atoms with Gasteiger partial charge in [0.25, 0.3) is 0 Å². The highest BCUT2D eigenvalue weighted by Gasteiger charge is 2.40. The van der Waals surface area contributed by atoms with Gasteiger partial charge in [-0.15, -0.1) is 0 Å². The van der Waals surface area contributed by atoms with Crippen molar-refractivity contribution >= 4 is 44.7 Å². The number of nitrogens with zero attached hydrogens (tertiary/aromatic N) is 1. The molecule has 2 unspecified atom stereocenters. The summed E-state index contributed by atoms with van der Waals surface area (Å²) < 4.78 is 0.905. The molecule has 2 heterocycles. The Kier molecular flexibility index (Phi) is 3.69. The highest BCUT2D eigenvalue weighted by Crippen LogP contribution is 2.33. The molecular weight excluding hydrogens is 338 g/mol. The second-order valence-corrected chi connectivity index (χ2v) is 6.58. The molecule has 20 heavy (non-hydrogen) atoms. The van der Waals surface area contributed by atoms with Crippen molar-refractivity contribution in [2.45, 2.75) is 18.9 Å². The van der Waals surface area contributed by atoms with Gasteiger partial charge in [0.1, 0.15) is 4.99 Å². The quantitative estimate of drug-likeness (QED) is 0.796. The molecule has 4 nitrogen and oxygen atoms in total. The lowest BCUT2D eigenvalue weighted by Crippen LogP contribution is -2.45. The Hall–Kier alpha value is -1.14. The minimum atomic E-state index is 0.123. The van der Waals surface area contributed by atoms with Gasteiger partial charge in [0.15, 0.2) is 0 Å². The van der Waals surface area contributed by atoms with Gasteiger partial charge < -0.3 is 16.0 Å². The molecule has 1 aromatic rings. The average Bonchev–Trinajstić information content (AvgIpc) is 2.80. The number of hydrogen-bond acceptors (Lipinski definition) is 3. The number of benzene rings is 1. The van der Waals surface area contributed by atoms with Crippen molar-refractivity contribution in [3.05, 3.63) is 28.2 Å². The van der Waals surface area contributed by atoms with Gasteiger partial charge in [-0.05, 0) is 47.0 Å².